The van der Waals surface area contributed by atoms with Crippen LogP contribution in [0, 0.1) is 12.7 Å². The predicted octanol–water partition coefficient (Wildman–Crippen LogP) is 1.84. The highest BCUT2D eigenvalue weighted by Gasteiger charge is 2.46. The normalized spacial score (nSPS) is 24.2. The van der Waals surface area contributed by atoms with E-state index in [-0.39, 0.29) is 41.1 Å². The standard InChI is InChI=1S/C27H26FN3O5/c1-13-14-2-3-27(4-5-30(12-27)6-7-32)22-16-10-31-20(23(16)29-19(21(14)22)9-18(13)28)8-15-17(25(31)34)11-36-26(35)24(15)33/h8-9,24,32-33H,2-7,10-12H2,1H3. The lowest BCUT2D eigenvalue weighted by atomic mass is 9.67. The first-order valence-electron chi connectivity index (χ1n) is 12.4. The highest BCUT2D eigenvalue weighted by atomic mass is 19.1. The minimum Gasteiger partial charge on any atom is -0.458 e. The molecule has 2 aromatic heterocycles. The summed E-state index contributed by atoms with van der Waals surface area (Å²) in [5.41, 5.74) is 5.50. The van der Waals surface area contributed by atoms with Gasteiger partial charge in [-0.05, 0) is 55.5 Å². The number of aryl methyl sites for hydroxylation is 1. The highest BCUT2D eigenvalue weighted by Crippen LogP contribution is 2.51. The molecule has 8 nitrogen and oxygen atoms in total. The van der Waals surface area contributed by atoms with Crippen LogP contribution in [0.1, 0.15) is 52.3 Å². The second-order valence-corrected chi connectivity index (χ2v) is 10.6. The van der Waals surface area contributed by atoms with Gasteiger partial charge in [0.1, 0.15) is 12.4 Å². The SMILES string of the molecule is Cc1c(F)cc2nc3c(c4c2c1CCC41CCN(CCO)C1)Cn1c-3cc2c(c1=O)COC(=O)C2O. The number of fused-ring (bicyclic) bond motifs is 6. The molecule has 0 saturated carbocycles. The minimum absolute atomic E-state index is 0.0936. The zero-order chi connectivity index (χ0) is 24.9. The topological polar surface area (TPSA) is 105 Å². The maximum atomic E-state index is 15.0. The fourth-order valence-electron chi connectivity index (χ4n) is 7.02. The monoisotopic (exact) mass is 491 g/mol. The Labute approximate surface area is 205 Å². The van der Waals surface area contributed by atoms with Gasteiger partial charge in [0.15, 0.2) is 6.10 Å². The second-order valence-electron chi connectivity index (χ2n) is 10.6. The Hall–Kier alpha value is -3.14. The van der Waals surface area contributed by atoms with Crippen LogP contribution in [0.4, 0.5) is 4.39 Å². The Balaban J connectivity index is 1.53. The van der Waals surface area contributed by atoms with Crippen LogP contribution in [0.25, 0.3) is 22.3 Å². The number of aliphatic hydroxyl groups is 2. The molecule has 4 aliphatic rings. The van der Waals surface area contributed by atoms with Gasteiger partial charge in [0.05, 0.1) is 35.6 Å². The first kappa shape index (κ1) is 22.1. The Kier molecular flexibility index (Phi) is 4.56. The van der Waals surface area contributed by atoms with Crippen molar-refractivity contribution in [2.45, 2.75) is 50.9 Å². The number of hydrogen-bond acceptors (Lipinski definition) is 7. The molecular formula is C27H26FN3O5. The van der Waals surface area contributed by atoms with Crippen LogP contribution >= 0.6 is 0 Å². The molecule has 2 unspecified atom stereocenters. The number of β-amino-alcohol motifs (C(OH)–C–C–N with tert-alkyl or cyclic N) is 1. The molecule has 9 heteroatoms. The number of cyclic esters (lactones) is 1. The van der Waals surface area contributed by atoms with Crippen molar-refractivity contribution >= 4 is 16.9 Å². The van der Waals surface area contributed by atoms with Gasteiger partial charge in [0.2, 0.25) is 0 Å². The van der Waals surface area contributed by atoms with E-state index >= 15 is 0 Å². The van der Waals surface area contributed by atoms with Crippen LogP contribution in [-0.2, 0) is 34.5 Å². The van der Waals surface area contributed by atoms with E-state index in [2.05, 4.69) is 4.90 Å². The summed E-state index contributed by atoms with van der Waals surface area (Å²) >= 11 is 0. The average Bonchev–Trinajstić information content (AvgIpc) is 3.43. The molecule has 1 aliphatic carbocycles. The van der Waals surface area contributed by atoms with Crippen molar-refractivity contribution in [3.05, 3.63) is 61.7 Å². The summed E-state index contributed by atoms with van der Waals surface area (Å²) in [6.07, 6.45) is 1.01. The van der Waals surface area contributed by atoms with Gasteiger partial charge < -0.3 is 24.4 Å². The number of ether oxygens (including phenoxy) is 1. The van der Waals surface area contributed by atoms with Gasteiger partial charge in [0.25, 0.3) is 5.56 Å². The van der Waals surface area contributed by atoms with E-state index in [9.17, 15) is 24.2 Å². The van der Waals surface area contributed by atoms with Crippen molar-refractivity contribution in [1.82, 2.24) is 14.5 Å². The van der Waals surface area contributed by atoms with E-state index in [0.717, 1.165) is 54.4 Å². The summed E-state index contributed by atoms with van der Waals surface area (Å²) in [7, 11) is 0. The number of likely N-dealkylation sites (tertiary alicyclic amines) is 1. The Morgan fingerprint density at radius 2 is 2.06 bits per heavy atom. The van der Waals surface area contributed by atoms with E-state index in [0.29, 0.717) is 35.6 Å². The minimum atomic E-state index is -1.52. The molecular weight excluding hydrogens is 465 g/mol. The molecule has 5 heterocycles. The zero-order valence-corrected chi connectivity index (χ0v) is 19.9. The van der Waals surface area contributed by atoms with E-state index in [4.69, 9.17) is 9.72 Å². The third kappa shape index (κ3) is 2.76. The first-order chi connectivity index (χ1) is 17.3. The smallest absolute Gasteiger partial charge is 0.340 e. The quantitative estimate of drug-likeness (QED) is 0.413. The molecule has 186 valence electrons. The molecule has 7 rings (SSSR count). The molecule has 2 N–H and O–H groups in total. The lowest BCUT2D eigenvalue weighted by Gasteiger charge is -2.38. The summed E-state index contributed by atoms with van der Waals surface area (Å²) < 4.78 is 21.7. The van der Waals surface area contributed by atoms with Crippen molar-refractivity contribution in [3.63, 3.8) is 0 Å². The summed E-state index contributed by atoms with van der Waals surface area (Å²) in [4.78, 5) is 32.7. The highest BCUT2D eigenvalue weighted by molar-refractivity contribution is 5.94. The van der Waals surface area contributed by atoms with Gasteiger partial charge in [0, 0.05) is 41.1 Å². The molecule has 3 aliphatic heterocycles. The number of rotatable bonds is 2. The van der Waals surface area contributed by atoms with E-state index in [1.807, 2.05) is 6.92 Å². The lowest BCUT2D eigenvalue weighted by Crippen LogP contribution is -2.36. The molecule has 0 radical (unpaired) electrons. The summed E-state index contributed by atoms with van der Waals surface area (Å²) in [5, 5.41) is 21.0. The third-order valence-electron chi connectivity index (χ3n) is 8.81. The lowest BCUT2D eigenvalue weighted by molar-refractivity contribution is -0.157. The Bertz CT molecular complexity index is 1560. The van der Waals surface area contributed by atoms with E-state index in [1.165, 1.54) is 6.07 Å². The number of hydrogen-bond donors (Lipinski definition) is 2. The van der Waals surface area contributed by atoms with Crippen LogP contribution in [-0.4, -0.2) is 56.9 Å². The molecule has 0 amide bonds. The van der Waals surface area contributed by atoms with E-state index in [1.54, 1.807) is 10.6 Å². The number of carbonyl (C=O) groups excluding carboxylic acids is 1. The second kappa shape index (κ2) is 7.44. The summed E-state index contributed by atoms with van der Waals surface area (Å²) in [6.45, 7) is 4.33. The number of halogens is 1. The van der Waals surface area contributed by atoms with Crippen molar-refractivity contribution in [1.29, 1.82) is 0 Å². The number of pyridine rings is 2. The van der Waals surface area contributed by atoms with Crippen molar-refractivity contribution in [3.8, 4) is 11.4 Å². The summed E-state index contributed by atoms with van der Waals surface area (Å²) in [6, 6.07) is 3.16. The molecule has 36 heavy (non-hydrogen) atoms. The van der Waals surface area contributed by atoms with Crippen molar-refractivity contribution < 1.29 is 24.1 Å². The molecule has 3 aromatic rings. The van der Waals surface area contributed by atoms with Gasteiger partial charge in [-0.1, -0.05) is 0 Å². The maximum Gasteiger partial charge on any atom is 0.340 e. The molecule has 1 fully saturated rings. The van der Waals surface area contributed by atoms with Gasteiger partial charge in [-0.2, -0.15) is 0 Å². The van der Waals surface area contributed by atoms with Gasteiger partial charge >= 0.3 is 5.97 Å². The number of esters is 1. The average molecular weight is 492 g/mol. The van der Waals surface area contributed by atoms with Crippen LogP contribution in [0.2, 0.25) is 0 Å². The predicted molar refractivity (Wildman–Crippen MR) is 128 cm³/mol. The van der Waals surface area contributed by atoms with Crippen molar-refractivity contribution in [2.24, 2.45) is 0 Å². The number of nitrogens with zero attached hydrogens (tertiary/aromatic N) is 3. The number of carbonyl (C=O) groups is 1. The van der Waals surface area contributed by atoms with Gasteiger partial charge in [-0.15, -0.1) is 0 Å². The largest absolute Gasteiger partial charge is 0.458 e. The molecule has 1 saturated heterocycles. The Morgan fingerprint density at radius 3 is 2.86 bits per heavy atom. The first-order valence-corrected chi connectivity index (χ1v) is 12.4. The summed E-state index contributed by atoms with van der Waals surface area (Å²) in [5.74, 6) is -1.07. The maximum absolute atomic E-state index is 15.0. The number of aromatic nitrogens is 2. The zero-order valence-electron chi connectivity index (χ0n) is 19.9. The Morgan fingerprint density at radius 1 is 1.22 bits per heavy atom. The van der Waals surface area contributed by atoms with Gasteiger partial charge in [-0.25, -0.2) is 14.2 Å². The van der Waals surface area contributed by atoms with Crippen LogP contribution in [0.5, 0.6) is 0 Å². The molecule has 2 atom stereocenters. The van der Waals surface area contributed by atoms with Crippen molar-refractivity contribution in [2.75, 3.05) is 26.2 Å². The van der Waals surface area contributed by atoms with Crippen LogP contribution in [0.15, 0.2) is 16.9 Å². The fraction of sp³-hybridized carbons (Fsp3) is 0.444. The molecule has 0 bridgehead atoms. The van der Waals surface area contributed by atoms with Gasteiger partial charge in [-0.3, -0.25) is 4.79 Å². The molecule has 1 aromatic carbocycles. The number of benzene rings is 1. The van der Waals surface area contributed by atoms with Crippen LogP contribution in [0.3, 0.4) is 0 Å². The fourth-order valence-corrected chi connectivity index (χ4v) is 7.02. The number of aliphatic hydroxyl groups excluding tert-OH is 2. The van der Waals surface area contributed by atoms with E-state index < -0.39 is 12.1 Å². The molecule has 1 spiro atoms. The van der Waals surface area contributed by atoms with Crippen LogP contribution < -0.4 is 5.56 Å². The third-order valence-corrected chi connectivity index (χ3v) is 8.81.